The quantitative estimate of drug-likeness (QED) is 0.663. The van der Waals surface area contributed by atoms with Crippen LogP contribution < -0.4 is 0 Å². The summed E-state index contributed by atoms with van der Waals surface area (Å²) in [6.45, 7) is 0. The van der Waals surface area contributed by atoms with Gasteiger partial charge in [-0.2, -0.15) is 0 Å². The Morgan fingerprint density at radius 2 is 2.00 bits per heavy atom. The van der Waals surface area contributed by atoms with E-state index in [0.29, 0.717) is 11.0 Å². The zero-order chi connectivity index (χ0) is 13.4. The lowest BCUT2D eigenvalue weighted by atomic mass is 10.2. The summed E-state index contributed by atoms with van der Waals surface area (Å²) in [5, 5.41) is 0.444. The second-order valence-corrected chi connectivity index (χ2v) is 3.96. The van der Waals surface area contributed by atoms with E-state index in [2.05, 4.69) is 4.98 Å². The highest BCUT2D eigenvalue weighted by Crippen LogP contribution is 2.22. The van der Waals surface area contributed by atoms with Crippen molar-refractivity contribution in [2.24, 2.45) is 0 Å². The standard InChI is InChI=1S/C14H7F2NO2/c15-9-3-4-11-8(6-9)7-12(19-11)14(18)13-10(16)2-1-5-17-13/h1-7H. The summed E-state index contributed by atoms with van der Waals surface area (Å²) in [6, 6.07) is 7.78. The van der Waals surface area contributed by atoms with Gasteiger partial charge in [-0.3, -0.25) is 4.79 Å². The van der Waals surface area contributed by atoms with Gasteiger partial charge in [0.05, 0.1) is 0 Å². The summed E-state index contributed by atoms with van der Waals surface area (Å²) >= 11 is 0. The molecule has 2 aromatic heterocycles. The van der Waals surface area contributed by atoms with Gasteiger partial charge in [0.25, 0.3) is 0 Å². The third-order valence-electron chi connectivity index (χ3n) is 2.68. The van der Waals surface area contributed by atoms with Crippen molar-refractivity contribution < 1.29 is 18.0 Å². The minimum absolute atomic E-state index is 0.0711. The summed E-state index contributed by atoms with van der Waals surface area (Å²) in [5.41, 5.74) is 0.0446. The molecule has 1 aromatic carbocycles. The van der Waals surface area contributed by atoms with Gasteiger partial charge >= 0.3 is 0 Å². The lowest BCUT2D eigenvalue weighted by molar-refractivity contribution is 0.100. The van der Waals surface area contributed by atoms with Gasteiger partial charge in [0.2, 0.25) is 5.78 Å². The zero-order valence-electron chi connectivity index (χ0n) is 9.56. The maximum atomic E-state index is 13.5. The molecule has 0 saturated heterocycles. The molecule has 0 spiro atoms. The Morgan fingerprint density at radius 3 is 2.79 bits per heavy atom. The highest BCUT2D eigenvalue weighted by atomic mass is 19.1. The number of nitrogens with zero attached hydrogens (tertiary/aromatic N) is 1. The van der Waals surface area contributed by atoms with Gasteiger partial charge < -0.3 is 4.42 Å². The number of pyridine rings is 1. The molecule has 0 amide bonds. The molecule has 3 aromatic rings. The number of benzene rings is 1. The average molecular weight is 259 g/mol. The molecule has 0 fully saturated rings. The van der Waals surface area contributed by atoms with Gasteiger partial charge in [-0.15, -0.1) is 0 Å². The first-order chi connectivity index (χ1) is 9.15. The summed E-state index contributed by atoms with van der Waals surface area (Å²) in [4.78, 5) is 15.7. The Bertz CT molecular complexity index is 780. The smallest absolute Gasteiger partial charge is 0.249 e. The molecule has 0 aliphatic rings. The Labute approximate surface area is 106 Å². The monoisotopic (exact) mass is 259 g/mol. The van der Waals surface area contributed by atoms with Crippen LogP contribution in [0.15, 0.2) is 47.0 Å². The molecule has 0 bridgehead atoms. The fraction of sp³-hybridized carbons (Fsp3) is 0. The molecule has 0 aliphatic heterocycles. The van der Waals surface area contributed by atoms with Crippen molar-refractivity contribution in [3.63, 3.8) is 0 Å². The van der Waals surface area contributed by atoms with E-state index < -0.39 is 17.4 Å². The first-order valence-corrected chi connectivity index (χ1v) is 5.49. The molecule has 3 nitrogen and oxygen atoms in total. The Kier molecular flexibility index (Phi) is 2.59. The minimum Gasteiger partial charge on any atom is -0.453 e. The molecule has 94 valence electrons. The second-order valence-electron chi connectivity index (χ2n) is 3.96. The number of aromatic nitrogens is 1. The molecule has 0 unspecified atom stereocenters. The van der Waals surface area contributed by atoms with Crippen LogP contribution in [-0.4, -0.2) is 10.8 Å². The average Bonchev–Trinajstić information content (AvgIpc) is 2.81. The lowest BCUT2D eigenvalue weighted by Gasteiger charge is -1.97. The molecular weight excluding hydrogens is 252 g/mol. The second kappa shape index (κ2) is 4.28. The molecule has 0 aliphatic carbocycles. The number of fused-ring (bicyclic) bond motifs is 1. The van der Waals surface area contributed by atoms with Gasteiger partial charge in [0, 0.05) is 11.6 Å². The van der Waals surface area contributed by atoms with E-state index >= 15 is 0 Å². The van der Waals surface area contributed by atoms with E-state index in [1.807, 2.05) is 0 Å². The lowest BCUT2D eigenvalue weighted by Crippen LogP contribution is -2.05. The van der Waals surface area contributed by atoms with Crippen molar-refractivity contribution in [3.8, 4) is 0 Å². The SMILES string of the molecule is O=C(c1cc2cc(F)ccc2o1)c1ncccc1F. The van der Waals surface area contributed by atoms with Crippen molar-refractivity contribution in [1.29, 1.82) is 0 Å². The zero-order valence-corrected chi connectivity index (χ0v) is 9.56. The molecule has 2 heterocycles. The van der Waals surface area contributed by atoms with Gasteiger partial charge in [0.15, 0.2) is 11.6 Å². The van der Waals surface area contributed by atoms with Crippen LogP contribution in [0.4, 0.5) is 8.78 Å². The van der Waals surface area contributed by atoms with Crippen molar-refractivity contribution in [1.82, 2.24) is 4.98 Å². The van der Waals surface area contributed by atoms with Crippen LogP contribution in [0.25, 0.3) is 11.0 Å². The summed E-state index contributed by atoms with van der Waals surface area (Å²) in [5.74, 6) is -1.90. The predicted octanol–water partition coefficient (Wildman–Crippen LogP) is 3.34. The minimum atomic E-state index is -0.723. The van der Waals surface area contributed by atoms with Gasteiger partial charge in [-0.1, -0.05) is 0 Å². The van der Waals surface area contributed by atoms with Crippen LogP contribution in [0, 0.1) is 11.6 Å². The largest absolute Gasteiger partial charge is 0.453 e. The van der Waals surface area contributed by atoms with Crippen LogP contribution in [0.1, 0.15) is 16.2 Å². The number of carbonyl (C=O) groups excluding carboxylic acids is 1. The van der Waals surface area contributed by atoms with E-state index in [9.17, 15) is 13.6 Å². The highest BCUT2D eigenvalue weighted by Gasteiger charge is 2.19. The van der Waals surface area contributed by atoms with Crippen LogP contribution in [0.3, 0.4) is 0 Å². The maximum absolute atomic E-state index is 13.5. The molecule has 5 heteroatoms. The third kappa shape index (κ3) is 1.99. The summed E-state index contributed by atoms with van der Waals surface area (Å²) in [7, 11) is 0. The first-order valence-electron chi connectivity index (χ1n) is 5.49. The normalized spacial score (nSPS) is 10.8. The van der Waals surface area contributed by atoms with Gasteiger partial charge in [-0.25, -0.2) is 13.8 Å². The van der Waals surface area contributed by atoms with Crippen molar-refractivity contribution in [2.75, 3.05) is 0 Å². The summed E-state index contributed by atoms with van der Waals surface area (Å²) < 4.78 is 31.8. The fourth-order valence-electron chi connectivity index (χ4n) is 1.80. The number of hydrogen-bond acceptors (Lipinski definition) is 3. The highest BCUT2D eigenvalue weighted by molar-refractivity contribution is 6.07. The molecule has 3 rings (SSSR count). The van der Waals surface area contributed by atoms with Crippen LogP contribution in [0.2, 0.25) is 0 Å². The number of carbonyl (C=O) groups is 1. The number of rotatable bonds is 2. The van der Waals surface area contributed by atoms with E-state index in [1.165, 1.54) is 36.5 Å². The molecule has 0 radical (unpaired) electrons. The number of ketones is 1. The number of furan rings is 1. The number of hydrogen-bond donors (Lipinski definition) is 0. The van der Waals surface area contributed by atoms with E-state index in [1.54, 1.807) is 0 Å². The van der Waals surface area contributed by atoms with Crippen LogP contribution >= 0.6 is 0 Å². The van der Waals surface area contributed by atoms with E-state index in [4.69, 9.17) is 4.42 Å². The van der Waals surface area contributed by atoms with Crippen molar-refractivity contribution in [3.05, 3.63) is 65.7 Å². The topological polar surface area (TPSA) is 43.1 Å². The van der Waals surface area contributed by atoms with Gasteiger partial charge in [-0.05, 0) is 36.4 Å². The Balaban J connectivity index is 2.09. The van der Waals surface area contributed by atoms with E-state index in [-0.39, 0.29) is 11.5 Å². The molecule has 0 atom stereocenters. The Morgan fingerprint density at radius 1 is 1.16 bits per heavy atom. The fourth-order valence-corrected chi connectivity index (χ4v) is 1.80. The number of halogens is 2. The molecule has 0 saturated carbocycles. The van der Waals surface area contributed by atoms with Crippen LogP contribution in [-0.2, 0) is 0 Å². The van der Waals surface area contributed by atoms with E-state index in [0.717, 1.165) is 6.07 Å². The molecule has 19 heavy (non-hydrogen) atoms. The summed E-state index contributed by atoms with van der Waals surface area (Å²) in [6.07, 6.45) is 1.32. The third-order valence-corrected chi connectivity index (χ3v) is 2.68. The maximum Gasteiger partial charge on any atom is 0.249 e. The Hall–Kier alpha value is -2.56. The molecule has 0 N–H and O–H groups in total. The van der Waals surface area contributed by atoms with Crippen LogP contribution in [0.5, 0.6) is 0 Å². The first kappa shape index (κ1) is 11.5. The van der Waals surface area contributed by atoms with Crippen molar-refractivity contribution >= 4 is 16.8 Å². The predicted molar refractivity (Wildman–Crippen MR) is 63.8 cm³/mol. The van der Waals surface area contributed by atoms with Gasteiger partial charge in [0.1, 0.15) is 17.1 Å². The van der Waals surface area contributed by atoms with Crippen molar-refractivity contribution in [2.45, 2.75) is 0 Å². The molecular formula is C14H7F2NO2.